The first kappa shape index (κ1) is 17.6. The van der Waals surface area contributed by atoms with Crippen LogP contribution < -0.4 is 5.32 Å². The van der Waals surface area contributed by atoms with Crippen LogP contribution in [0.15, 0.2) is 46.2 Å². The van der Waals surface area contributed by atoms with Crippen molar-refractivity contribution in [1.82, 2.24) is 15.0 Å². The van der Waals surface area contributed by atoms with Gasteiger partial charge in [0.15, 0.2) is 0 Å². The molecule has 9 heteroatoms. The number of nitrogens with one attached hydrogen (secondary N) is 3. The Balaban J connectivity index is 1.76. The van der Waals surface area contributed by atoms with Crippen LogP contribution in [0, 0.1) is 6.92 Å². The van der Waals surface area contributed by atoms with E-state index >= 15 is 0 Å². The maximum absolute atomic E-state index is 13.3. The molecular weight excluding hydrogens is 388 g/mol. The molecule has 0 aliphatic heterocycles. The number of hydrogen-bond donors (Lipinski definition) is 3. The molecule has 4 aromatic rings. The summed E-state index contributed by atoms with van der Waals surface area (Å²) in [5.41, 5.74) is 3.00. The molecule has 0 radical (unpaired) electrons. The minimum atomic E-state index is -1.42. The van der Waals surface area contributed by atoms with Gasteiger partial charge in [-0.1, -0.05) is 11.6 Å². The van der Waals surface area contributed by atoms with Gasteiger partial charge in [0.05, 0.1) is 33.8 Å². The largest absolute Gasteiger partial charge is 0.453 e. The standard InChI is InChI=1S/C18H15ClN4O3S/c1-9-16(12-7-10(19)3-5-13(12)20-9)27(25)11-4-6-14-15(8-11)22-17(21-14)23-18(24)26-2/h3-8,20H,1-2H3,(H2,21,22,23,24). The number of methoxy groups -OCH3 is 1. The highest BCUT2D eigenvalue weighted by molar-refractivity contribution is 7.85. The molecule has 1 atom stereocenters. The van der Waals surface area contributed by atoms with Crippen LogP contribution >= 0.6 is 11.6 Å². The predicted molar refractivity (Wildman–Crippen MR) is 105 cm³/mol. The third-order valence-corrected chi connectivity index (χ3v) is 5.96. The Kier molecular flexibility index (Phi) is 4.37. The number of amides is 1. The zero-order valence-corrected chi connectivity index (χ0v) is 16.0. The molecule has 2 aromatic heterocycles. The zero-order valence-electron chi connectivity index (χ0n) is 14.4. The third kappa shape index (κ3) is 3.17. The lowest BCUT2D eigenvalue weighted by atomic mass is 10.2. The van der Waals surface area contributed by atoms with E-state index in [1.807, 2.05) is 13.0 Å². The number of anilines is 1. The molecule has 27 heavy (non-hydrogen) atoms. The molecule has 1 amide bonds. The Hall–Kier alpha value is -2.84. The highest BCUT2D eigenvalue weighted by atomic mass is 35.5. The first-order chi connectivity index (χ1) is 13.0. The maximum Gasteiger partial charge on any atom is 0.413 e. The van der Waals surface area contributed by atoms with E-state index in [4.69, 9.17) is 11.6 Å². The third-order valence-electron chi connectivity index (χ3n) is 4.15. The molecule has 0 aliphatic carbocycles. The van der Waals surface area contributed by atoms with Crippen molar-refractivity contribution in [2.24, 2.45) is 0 Å². The number of fused-ring (bicyclic) bond motifs is 2. The smallest absolute Gasteiger partial charge is 0.413 e. The maximum atomic E-state index is 13.3. The first-order valence-corrected chi connectivity index (χ1v) is 9.53. The molecule has 4 rings (SSSR count). The summed E-state index contributed by atoms with van der Waals surface area (Å²) in [6, 6.07) is 10.7. The van der Waals surface area contributed by atoms with Gasteiger partial charge in [-0.25, -0.2) is 14.0 Å². The van der Waals surface area contributed by atoms with Gasteiger partial charge in [-0.05, 0) is 43.3 Å². The second kappa shape index (κ2) is 6.71. The molecule has 138 valence electrons. The number of hydrogen-bond acceptors (Lipinski definition) is 4. The van der Waals surface area contributed by atoms with Crippen molar-refractivity contribution in [2.45, 2.75) is 16.7 Å². The van der Waals surface area contributed by atoms with Gasteiger partial charge in [0.25, 0.3) is 0 Å². The lowest BCUT2D eigenvalue weighted by molar-refractivity contribution is 0.186. The van der Waals surface area contributed by atoms with Crippen molar-refractivity contribution in [3.8, 4) is 0 Å². The van der Waals surface area contributed by atoms with Gasteiger partial charge < -0.3 is 14.7 Å². The van der Waals surface area contributed by atoms with Crippen LogP contribution in [0.2, 0.25) is 5.02 Å². The molecular formula is C18H15ClN4O3S. The number of carbonyl (C=O) groups is 1. The van der Waals surface area contributed by atoms with Crippen molar-refractivity contribution >= 4 is 56.4 Å². The molecule has 7 nitrogen and oxygen atoms in total. The topological polar surface area (TPSA) is 99.9 Å². The fraction of sp³-hybridized carbons (Fsp3) is 0.111. The Morgan fingerprint density at radius 2 is 2.00 bits per heavy atom. The van der Waals surface area contributed by atoms with Crippen LogP contribution in [0.25, 0.3) is 21.9 Å². The quantitative estimate of drug-likeness (QED) is 0.474. The van der Waals surface area contributed by atoms with Crippen LogP contribution in [0.1, 0.15) is 5.69 Å². The summed E-state index contributed by atoms with van der Waals surface area (Å²) in [5, 5.41) is 3.89. The van der Waals surface area contributed by atoms with Crippen molar-refractivity contribution in [3.05, 3.63) is 47.1 Å². The van der Waals surface area contributed by atoms with E-state index in [2.05, 4.69) is 25.0 Å². The van der Waals surface area contributed by atoms with Gasteiger partial charge in [0, 0.05) is 26.5 Å². The van der Waals surface area contributed by atoms with Crippen LogP contribution in [-0.2, 0) is 15.5 Å². The molecule has 1 unspecified atom stereocenters. The summed E-state index contributed by atoms with van der Waals surface area (Å²) in [5.74, 6) is 0.259. The van der Waals surface area contributed by atoms with Gasteiger partial charge in [-0.15, -0.1) is 0 Å². The van der Waals surface area contributed by atoms with E-state index < -0.39 is 16.9 Å². The fourth-order valence-corrected chi connectivity index (χ4v) is 4.46. The number of rotatable bonds is 3. The van der Waals surface area contributed by atoms with E-state index in [-0.39, 0.29) is 5.95 Å². The number of imidazole rings is 1. The Bertz CT molecular complexity index is 1210. The van der Waals surface area contributed by atoms with Crippen LogP contribution in [0.3, 0.4) is 0 Å². The average molecular weight is 403 g/mol. The number of carbonyl (C=O) groups excluding carboxylic acids is 1. The molecule has 0 spiro atoms. The zero-order chi connectivity index (χ0) is 19.1. The van der Waals surface area contributed by atoms with Gasteiger partial charge in [0.2, 0.25) is 5.95 Å². The Labute approximate surface area is 161 Å². The van der Waals surface area contributed by atoms with E-state index in [0.29, 0.717) is 25.8 Å². The van der Waals surface area contributed by atoms with Crippen LogP contribution in [-0.4, -0.2) is 32.4 Å². The number of halogens is 1. The Morgan fingerprint density at radius 3 is 2.78 bits per heavy atom. The summed E-state index contributed by atoms with van der Waals surface area (Å²) in [4.78, 5) is 23.1. The molecule has 2 aromatic carbocycles. The summed E-state index contributed by atoms with van der Waals surface area (Å²) in [6.07, 6.45) is -0.621. The van der Waals surface area contributed by atoms with Crippen molar-refractivity contribution < 1.29 is 13.7 Å². The first-order valence-electron chi connectivity index (χ1n) is 8.00. The van der Waals surface area contributed by atoms with E-state index in [1.54, 1.807) is 30.3 Å². The SMILES string of the molecule is COC(=O)Nc1nc2ccc(S(=O)c3c(C)[nH]c4ccc(Cl)cc34)cc2[nH]1. The highest BCUT2D eigenvalue weighted by Gasteiger charge is 2.18. The fourth-order valence-electron chi connectivity index (χ4n) is 2.94. The summed E-state index contributed by atoms with van der Waals surface area (Å²) in [6.45, 7) is 1.88. The second-order valence-corrected chi connectivity index (χ2v) is 7.77. The predicted octanol–water partition coefficient (Wildman–Crippen LogP) is 4.35. The number of aryl methyl sites for hydroxylation is 1. The molecule has 3 N–H and O–H groups in total. The average Bonchev–Trinajstić information content (AvgIpc) is 3.19. The lowest BCUT2D eigenvalue weighted by Crippen LogP contribution is -2.11. The van der Waals surface area contributed by atoms with Gasteiger partial charge in [-0.2, -0.15) is 0 Å². The number of aromatic nitrogens is 3. The van der Waals surface area contributed by atoms with Crippen molar-refractivity contribution in [2.75, 3.05) is 12.4 Å². The molecule has 2 heterocycles. The second-order valence-electron chi connectivity index (χ2n) is 5.92. The summed E-state index contributed by atoms with van der Waals surface area (Å²) < 4.78 is 17.8. The highest BCUT2D eigenvalue weighted by Crippen LogP contribution is 2.31. The van der Waals surface area contributed by atoms with Gasteiger partial charge in [0.1, 0.15) is 0 Å². The number of H-pyrrole nitrogens is 2. The van der Waals surface area contributed by atoms with Gasteiger partial charge >= 0.3 is 6.09 Å². The Morgan fingerprint density at radius 1 is 1.19 bits per heavy atom. The summed E-state index contributed by atoms with van der Waals surface area (Å²) in [7, 11) is -0.146. The molecule has 0 saturated heterocycles. The number of aromatic amines is 2. The van der Waals surface area contributed by atoms with Crippen LogP contribution in [0.5, 0.6) is 0 Å². The summed E-state index contributed by atoms with van der Waals surface area (Å²) >= 11 is 6.11. The van der Waals surface area contributed by atoms with Crippen LogP contribution in [0.4, 0.5) is 10.7 Å². The van der Waals surface area contributed by atoms with Crippen molar-refractivity contribution in [3.63, 3.8) is 0 Å². The molecule has 0 saturated carbocycles. The molecule has 0 bridgehead atoms. The normalized spacial score (nSPS) is 12.4. The van der Waals surface area contributed by atoms with Gasteiger partial charge in [-0.3, -0.25) is 5.32 Å². The van der Waals surface area contributed by atoms with Crippen molar-refractivity contribution in [1.29, 1.82) is 0 Å². The lowest BCUT2D eigenvalue weighted by Gasteiger charge is -2.03. The number of ether oxygens (including phenoxy) is 1. The number of nitrogens with zero attached hydrogens (tertiary/aromatic N) is 1. The molecule has 0 aliphatic rings. The van der Waals surface area contributed by atoms with E-state index in [0.717, 1.165) is 16.6 Å². The monoisotopic (exact) mass is 402 g/mol. The number of benzene rings is 2. The van der Waals surface area contributed by atoms with E-state index in [1.165, 1.54) is 7.11 Å². The van der Waals surface area contributed by atoms with E-state index in [9.17, 15) is 9.00 Å². The minimum Gasteiger partial charge on any atom is -0.453 e. The molecule has 0 fully saturated rings. The minimum absolute atomic E-state index is 0.259.